The number of benzene rings is 2. The van der Waals surface area contributed by atoms with Crippen molar-refractivity contribution in [2.24, 2.45) is 11.0 Å². The summed E-state index contributed by atoms with van der Waals surface area (Å²) in [5.41, 5.74) is 4.77. The Kier molecular flexibility index (Phi) is 6.49. The minimum Gasteiger partial charge on any atom is -0.507 e. The first-order valence-electron chi connectivity index (χ1n) is 9.78. The number of aromatic hydroxyl groups is 1. The van der Waals surface area contributed by atoms with Crippen molar-refractivity contribution in [3.05, 3.63) is 59.7 Å². The summed E-state index contributed by atoms with van der Waals surface area (Å²) >= 11 is 0. The van der Waals surface area contributed by atoms with Gasteiger partial charge in [0.2, 0.25) is 5.91 Å². The molecule has 0 saturated carbocycles. The molecule has 0 bridgehead atoms. The minimum atomic E-state index is -0.840. The molecule has 1 fully saturated rings. The molecule has 152 valence electrons. The lowest BCUT2D eigenvalue weighted by atomic mass is 9.88. The smallest absolute Gasteiger partial charge is 0.253 e. The number of nitrogens with one attached hydrogen (secondary N) is 2. The van der Waals surface area contributed by atoms with Crippen LogP contribution in [-0.2, 0) is 9.59 Å². The van der Waals surface area contributed by atoms with Gasteiger partial charge in [-0.15, -0.1) is 0 Å². The molecule has 7 nitrogen and oxygen atoms in total. The fraction of sp³-hybridized carbons (Fsp3) is 0.318. The van der Waals surface area contributed by atoms with Crippen LogP contribution in [0.25, 0.3) is 0 Å². The molecule has 1 aliphatic heterocycles. The van der Waals surface area contributed by atoms with Crippen molar-refractivity contribution in [3.63, 3.8) is 0 Å². The lowest BCUT2D eigenvalue weighted by Gasteiger charge is -2.21. The van der Waals surface area contributed by atoms with E-state index in [1.165, 1.54) is 6.21 Å². The Bertz CT molecular complexity index is 894. The number of phenols is 1. The summed E-state index contributed by atoms with van der Waals surface area (Å²) in [7, 11) is 0. The van der Waals surface area contributed by atoms with Crippen molar-refractivity contribution < 1.29 is 14.7 Å². The van der Waals surface area contributed by atoms with Gasteiger partial charge >= 0.3 is 0 Å². The number of amides is 2. The minimum absolute atomic E-state index is 0.0770. The number of hydrogen-bond donors (Lipinski definition) is 3. The van der Waals surface area contributed by atoms with Crippen LogP contribution in [0.4, 0.5) is 5.69 Å². The molecule has 3 rings (SSSR count). The van der Waals surface area contributed by atoms with E-state index in [4.69, 9.17) is 0 Å². The Morgan fingerprint density at radius 3 is 2.62 bits per heavy atom. The molecule has 0 aliphatic carbocycles. The molecule has 2 aromatic rings. The monoisotopic (exact) mass is 394 g/mol. The lowest BCUT2D eigenvalue weighted by Crippen LogP contribution is -2.34. The second-order valence-corrected chi connectivity index (χ2v) is 6.89. The van der Waals surface area contributed by atoms with Crippen LogP contribution in [0, 0.1) is 5.92 Å². The molecule has 0 radical (unpaired) electrons. The summed E-state index contributed by atoms with van der Waals surface area (Å²) in [6, 6.07) is 14.8. The van der Waals surface area contributed by atoms with Crippen molar-refractivity contribution in [1.82, 2.24) is 10.7 Å². The van der Waals surface area contributed by atoms with Crippen LogP contribution in [0.2, 0.25) is 0 Å². The van der Waals surface area contributed by atoms with Gasteiger partial charge in [0.05, 0.1) is 6.21 Å². The van der Waals surface area contributed by atoms with E-state index in [9.17, 15) is 14.7 Å². The molecule has 2 amide bonds. The average molecular weight is 394 g/mol. The van der Waals surface area contributed by atoms with Gasteiger partial charge in [-0.25, -0.2) is 5.43 Å². The molecule has 29 heavy (non-hydrogen) atoms. The molecule has 2 aromatic carbocycles. The maximum atomic E-state index is 12.6. The number of hydrogen-bond acceptors (Lipinski definition) is 5. The van der Waals surface area contributed by atoms with Crippen LogP contribution in [-0.4, -0.2) is 42.8 Å². The van der Waals surface area contributed by atoms with E-state index in [1.54, 1.807) is 12.1 Å². The molecule has 1 saturated heterocycles. The van der Waals surface area contributed by atoms with E-state index in [-0.39, 0.29) is 17.6 Å². The topological polar surface area (TPSA) is 94.0 Å². The lowest BCUT2D eigenvalue weighted by molar-refractivity contribution is -0.133. The fourth-order valence-electron chi connectivity index (χ4n) is 3.60. The number of hydrazone groups is 1. The largest absolute Gasteiger partial charge is 0.507 e. The van der Waals surface area contributed by atoms with E-state index in [2.05, 4.69) is 20.7 Å². The predicted octanol–water partition coefficient (Wildman–Crippen LogP) is 2.22. The Morgan fingerprint density at radius 2 is 1.97 bits per heavy atom. The summed E-state index contributed by atoms with van der Waals surface area (Å²) < 4.78 is 0. The molecule has 0 spiro atoms. The van der Waals surface area contributed by atoms with E-state index in [1.807, 2.05) is 50.2 Å². The maximum Gasteiger partial charge on any atom is 0.253 e. The van der Waals surface area contributed by atoms with Crippen molar-refractivity contribution in [3.8, 4) is 5.75 Å². The number of nitrogens with zero attached hydrogens (tertiary/aromatic N) is 2. The third-order valence-corrected chi connectivity index (χ3v) is 5.21. The van der Waals surface area contributed by atoms with Crippen molar-refractivity contribution in [2.45, 2.75) is 19.8 Å². The molecule has 1 aliphatic rings. The van der Waals surface area contributed by atoms with Crippen LogP contribution in [0.15, 0.2) is 53.6 Å². The van der Waals surface area contributed by atoms with Crippen molar-refractivity contribution in [1.29, 1.82) is 0 Å². The maximum absolute atomic E-state index is 12.6. The van der Waals surface area contributed by atoms with E-state index < -0.39 is 11.8 Å². The van der Waals surface area contributed by atoms with Crippen LogP contribution in [0.1, 0.15) is 30.9 Å². The van der Waals surface area contributed by atoms with Gasteiger partial charge in [-0.2, -0.15) is 5.10 Å². The molecular formula is C22H26N4O3. The zero-order valence-corrected chi connectivity index (χ0v) is 16.6. The molecule has 2 atom stereocenters. The van der Waals surface area contributed by atoms with Crippen LogP contribution >= 0.6 is 0 Å². The Labute approximate surface area is 170 Å². The standard InChI is InChI=1S/C22H26N4O3/c1-3-26(4-2)17-11-10-16(19(27)12-17)13-24-25-22(29)20-18(14-23-21(20)28)15-8-6-5-7-9-15/h5-13,18,20,27H,3-4,14H2,1-2H3,(H,23,28)(H,25,29)/b24-13+/t18-,20+/m1/s1. The van der Waals surface area contributed by atoms with Gasteiger partial charge in [-0.3, -0.25) is 9.59 Å². The number of phenolic OH excluding ortho intramolecular Hbond substituents is 1. The Balaban J connectivity index is 1.68. The van der Waals surface area contributed by atoms with Gasteiger partial charge < -0.3 is 15.3 Å². The molecular weight excluding hydrogens is 368 g/mol. The highest BCUT2D eigenvalue weighted by molar-refractivity contribution is 6.03. The van der Waals surface area contributed by atoms with Gasteiger partial charge in [0.1, 0.15) is 11.7 Å². The highest BCUT2D eigenvalue weighted by Crippen LogP contribution is 2.29. The van der Waals surface area contributed by atoms with Crippen LogP contribution in [0.5, 0.6) is 5.75 Å². The summed E-state index contributed by atoms with van der Waals surface area (Å²) in [5, 5.41) is 16.9. The molecule has 0 aromatic heterocycles. The van der Waals surface area contributed by atoms with Gasteiger partial charge in [0, 0.05) is 42.9 Å². The number of carbonyl (C=O) groups excluding carboxylic acids is 2. The van der Waals surface area contributed by atoms with E-state index >= 15 is 0 Å². The second-order valence-electron chi connectivity index (χ2n) is 6.89. The summed E-state index contributed by atoms with van der Waals surface area (Å²) in [4.78, 5) is 26.9. The van der Waals surface area contributed by atoms with E-state index in [0.29, 0.717) is 12.1 Å². The highest BCUT2D eigenvalue weighted by Gasteiger charge is 2.40. The first-order chi connectivity index (χ1) is 14.0. The number of rotatable bonds is 7. The van der Waals surface area contributed by atoms with Crippen molar-refractivity contribution in [2.75, 3.05) is 24.5 Å². The summed E-state index contributed by atoms with van der Waals surface area (Å²) in [6.07, 6.45) is 1.38. The third-order valence-electron chi connectivity index (χ3n) is 5.21. The normalized spacial score (nSPS) is 18.6. The number of anilines is 1. The van der Waals surface area contributed by atoms with Gasteiger partial charge in [-0.1, -0.05) is 30.3 Å². The first kappa shape index (κ1) is 20.4. The van der Waals surface area contributed by atoms with Crippen molar-refractivity contribution >= 4 is 23.7 Å². The fourth-order valence-corrected chi connectivity index (χ4v) is 3.60. The van der Waals surface area contributed by atoms with Gasteiger partial charge in [0.25, 0.3) is 5.91 Å². The molecule has 3 N–H and O–H groups in total. The highest BCUT2D eigenvalue weighted by atomic mass is 16.3. The van der Waals surface area contributed by atoms with Crippen LogP contribution < -0.4 is 15.6 Å². The summed E-state index contributed by atoms with van der Waals surface area (Å²) in [5.74, 6) is -1.77. The van der Waals surface area contributed by atoms with Crippen LogP contribution in [0.3, 0.4) is 0 Å². The molecule has 7 heteroatoms. The Hall–Kier alpha value is -3.35. The molecule has 1 heterocycles. The zero-order chi connectivity index (χ0) is 20.8. The van der Waals surface area contributed by atoms with E-state index in [0.717, 1.165) is 24.3 Å². The Morgan fingerprint density at radius 1 is 1.24 bits per heavy atom. The zero-order valence-electron chi connectivity index (χ0n) is 16.6. The quantitative estimate of drug-likeness (QED) is 0.381. The van der Waals surface area contributed by atoms with Gasteiger partial charge in [0.15, 0.2) is 0 Å². The third kappa shape index (κ3) is 4.56. The predicted molar refractivity (Wildman–Crippen MR) is 113 cm³/mol. The molecule has 0 unspecified atom stereocenters. The second kappa shape index (κ2) is 9.23. The first-order valence-corrected chi connectivity index (χ1v) is 9.78. The summed E-state index contributed by atoms with van der Waals surface area (Å²) in [6.45, 7) is 6.19. The number of carbonyl (C=O) groups is 2. The SMILES string of the molecule is CCN(CC)c1ccc(/C=N/NC(=O)[C@@H]2C(=O)NC[C@@H]2c2ccccc2)c(O)c1. The average Bonchev–Trinajstić information content (AvgIpc) is 3.12. The van der Waals surface area contributed by atoms with Gasteiger partial charge in [-0.05, 0) is 31.5 Å².